The Morgan fingerprint density at radius 3 is 2.03 bits per heavy atom. The maximum absolute atomic E-state index is 9.53. The number of hydrogen-bond acceptors (Lipinski definition) is 3. The lowest BCUT2D eigenvalue weighted by Crippen LogP contribution is -2.21. The van der Waals surface area contributed by atoms with Gasteiger partial charge in [0.25, 0.3) is 0 Å². The van der Waals surface area contributed by atoms with Gasteiger partial charge in [0.15, 0.2) is 0 Å². The molecule has 0 amide bonds. The molecule has 0 aromatic rings. The molecule has 2 nitrogen and oxygen atoms in total. The van der Waals surface area contributed by atoms with Gasteiger partial charge in [-0.25, -0.2) is 0 Å². The summed E-state index contributed by atoms with van der Waals surface area (Å²) in [5.74, 6) is 3.24. The second-order valence-corrected chi connectivity index (χ2v) is 10.8. The molecule has 1 aliphatic rings. The molecule has 1 aliphatic carbocycles. The number of hydrogen-bond donors (Lipinski definition) is 1. The third kappa shape index (κ3) is 17.9. The highest BCUT2D eigenvalue weighted by atomic mass is 32.2. The number of rotatable bonds is 22. The van der Waals surface area contributed by atoms with Gasteiger partial charge in [0, 0.05) is 12.4 Å². The third-order valence-electron chi connectivity index (χ3n) is 6.73. The summed E-state index contributed by atoms with van der Waals surface area (Å²) in [5.41, 5.74) is 0. The Bertz CT molecular complexity index is 331. The first-order chi connectivity index (χ1) is 14.9. The van der Waals surface area contributed by atoms with E-state index in [4.69, 9.17) is 4.74 Å². The van der Waals surface area contributed by atoms with E-state index in [1.807, 2.05) is 11.8 Å². The molecule has 1 unspecified atom stereocenters. The minimum Gasteiger partial charge on any atom is -0.394 e. The van der Waals surface area contributed by atoms with Crippen LogP contribution in [0, 0.1) is 5.92 Å². The first-order valence-corrected chi connectivity index (χ1v) is 14.8. The smallest absolute Gasteiger partial charge is 0.0895 e. The summed E-state index contributed by atoms with van der Waals surface area (Å²) in [4.78, 5) is 0. The molecule has 1 fully saturated rings. The average Bonchev–Trinajstić information content (AvgIpc) is 2.78. The molecule has 0 heterocycles. The fraction of sp³-hybridized carbons (Fsp3) is 1.00. The molecule has 3 heteroatoms. The monoisotopic (exact) mass is 442 g/mol. The van der Waals surface area contributed by atoms with Gasteiger partial charge in [-0.1, -0.05) is 122 Å². The largest absolute Gasteiger partial charge is 0.394 e. The zero-order valence-electron chi connectivity index (χ0n) is 20.4. The quantitative estimate of drug-likeness (QED) is 0.170. The SMILES string of the molecule is CCCCCCCCCCOC(CO)CSCCCCCCCCC1CCCCC1. The number of aliphatic hydroxyl groups is 1. The van der Waals surface area contributed by atoms with Gasteiger partial charge in [0.05, 0.1) is 12.7 Å². The van der Waals surface area contributed by atoms with E-state index < -0.39 is 0 Å². The van der Waals surface area contributed by atoms with Crippen LogP contribution in [0.4, 0.5) is 0 Å². The molecule has 1 rings (SSSR count). The van der Waals surface area contributed by atoms with Crippen molar-refractivity contribution in [1.29, 1.82) is 0 Å². The van der Waals surface area contributed by atoms with Crippen LogP contribution >= 0.6 is 11.8 Å². The Morgan fingerprint density at radius 1 is 0.767 bits per heavy atom. The molecule has 0 spiro atoms. The van der Waals surface area contributed by atoms with Crippen LogP contribution in [0.15, 0.2) is 0 Å². The van der Waals surface area contributed by atoms with E-state index in [1.165, 1.54) is 128 Å². The Kier molecular flexibility index (Phi) is 21.2. The Labute approximate surface area is 193 Å². The molecule has 0 aromatic carbocycles. The van der Waals surface area contributed by atoms with E-state index in [0.717, 1.165) is 24.7 Å². The zero-order valence-corrected chi connectivity index (χ0v) is 21.2. The van der Waals surface area contributed by atoms with Crippen LogP contribution in [0.1, 0.15) is 135 Å². The van der Waals surface area contributed by atoms with Crippen molar-refractivity contribution in [3.05, 3.63) is 0 Å². The molecular weight excluding hydrogens is 388 g/mol. The standard InChI is InChI=1S/C27H54O2S/c1-2-3-4-5-6-8-11-17-22-29-27(24-28)25-30-23-18-12-9-7-10-14-19-26-20-15-13-16-21-26/h26-28H,2-25H2,1H3. The van der Waals surface area contributed by atoms with Crippen LogP contribution in [-0.4, -0.2) is 35.9 Å². The van der Waals surface area contributed by atoms with Crippen LogP contribution in [0.2, 0.25) is 0 Å². The third-order valence-corrected chi connectivity index (χ3v) is 7.92. The van der Waals surface area contributed by atoms with Gasteiger partial charge in [0.1, 0.15) is 0 Å². The molecule has 1 N–H and O–H groups in total. The Hall–Kier alpha value is 0.270. The van der Waals surface area contributed by atoms with E-state index in [-0.39, 0.29) is 12.7 Å². The van der Waals surface area contributed by atoms with Gasteiger partial charge in [-0.2, -0.15) is 11.8 Å². The van der Waals surface area contributed by atoms with Crippen molar-refractivity contribution in [2.75, 3.05) is 24.7 Å². The number of aliphatic hydroxyl groups excluding tert-OH is 1. The van der Waals surface area contributed by atoms with Crippen molar-refractivity contribution in [3.63, 3.8) is 0 Å². The minimum atomic E-state index is 0.0411. The molecule has 0 aliphatic heterocycles. The van der Waals surface area contributed by atoms with Gasteiger partial charge in [0.2, 0.25) is 0 Å². The molecule has 1 atom stereocenters. The Morgan fingerprint density at radius 2 is 1.37 bits per heavy atom. The number of thioether (sulfide) groups is 1. The summed E-state index contributed by atoms with van der Waals surface area (Å²) < 4.78 is 5.89. The fourth-order valence-corrected chi connectivity index (χ4v) is 5.71. The van der Waals surface area contributed by atoms with Crippen LogP contribution in [0.25, 0.3) is 0 Å². The first kappa shape index (κ1) is 28.3. The molecule has 0 bridgehead atoms. The van der Waals surface area contributed by atoms with E-state index >= 15 is 0 Å². The summed E-state index contributed by atoms with van der Waals surface area (Å²) in [7, 11) is 0. The molecule has 0 aromatic heterocycles. The molecule has 0 saturated heterocycles. The maximum atomic E-state index is 9.53. The predicted molar refractivity (Wildman–Crippen MR) is 136 cm³/mol. The van der Waals surface area contributed by atoms with E-state index in [1.54, 1.807) is 0 Å². The summed E-state index contributed by atoms with van der Waals surface area (Å²) in [6.45, 7) is 3.26. The average molecular weight is 443 g/mol. The summed E-state index contributed by atoms with van der Waals surface area (Å²) in [5, 5.41) is 9.53. The highest BCUT2D eigenvalue weighted by molar-refractivity contribution is 7.99. The highest BCUT2D eigenvalue weighted by Gasteiger charge is 2.12. The second kappa shape index (κ2) is 22.5. The second-order valence-electron chi connectivity index (χ2n) is 9.64. The highest BCUT2D eigenvalue weighted by Crippen LogP contribution is 2.28. The number of ether oxygens (including phenoxy) is 1. The van der Waals surface area contributed by atoms with Crippen molar-refractivity contribution < 1.29 is 9.84 Å². The molecule has 180 valence electrons. The van der Waals surface area contributed by atoms with E-state index in [0.29, 0.717) is 0 Å². The van der Waals surface area contributed by atoms with Crippen LogP contribution in [-0.2, 0) is 4.74 Å². The summed E-state index contributed by atoms with van der Waals surface area (Å²) in [6.07, 6.45) is 28.1. The Balaban J connectivity index is 1.78. The van der Waals surface area contributed by atoms with Gasteiger partial charge >= 0.3 is 0 Å². The maximum Gasteiger partial charge on any atom is 0.0895 e. The fourth-order valence-electron chi connectivity index (χ4n) is 4.67. The van der Waals surface area contributed by atoms with Crippen molar-refractivity contribution in [3.8, 4) is 0 Å². The molecule has 30 heavy (non-hydrogen) atoms. The number of unbranched alkanes of at least 4 members (excludes halogenated alkanes) is 12. The van der Waals surface area contributed by atoms with Crippen LogP contribution < -0.4 is 0 Å². The van der Waals surface area contributed by atoms with Crippen molar-refractivity contribution in [1.82, 2.24) is 0 Å². The van der Waals surface area contributed by atoms with Gasteiger partial charge in [-0.3, -0.25) is 0 Å². The van der Waals surface area contributed by atoms with E-state index in [9.17, 15) is 5.11 Å². The van der Waals surface area contributed by atoms with Crippen molar-refractivity contribution >= 4 is 11.8 Å². The van der Waals surface area contributed by atoms with Crippen molar-refractivity contribution in [2.45, 2.75) is 141 Å². The lowest BCUT2D eigenvalue weighted by atomic mass is 9.85. The normalized spacial score (nSPS) is 16.2. The molecule has 0 radical (unpaired) electrons. The van der Waals surface area contributed by atoms with Crippen LogP contribution in [0.5, 0.6) is 0 Å². The predicted octanol–water partition coefficient (Wildman–Crippen LogP) is 8.55. The lowest BCUT2D eigenvalue weighted by molar-refractivity contribution is 0.0260. The van der Waals surface area contributed by atoms with Gasteiger partial charge < -0.3 is 9.84 Å². The lowest BCUT2D eigenvalue weighted by Gasteiger charge is -2.21. The summed E-state index contributed by atoms with van der Waals surface area (Å²) >= 11 is 1.97. The molecule has 1 saturated carbocycles. The van der Waals surface area contributed by atoms with Crippen LogP contribution in [0.3, 0.4) is 0 Å². The van der Waals surface area contributed by atoms with Gasteiger partial charge in [-0.05, 0) is 24.5 Å². The summed E-state index contributed by atoms with van der Waals surface area (Å²) in [6, 6.07) is 0. The minimum absolute atomic E-state index is 0.0411. The zero-order chi connectivity index (χ0) is 21.5. The topological polar surface area (TPSA) is 29.5 Å². The van der Waals surface area contributed by atoms with Gasteiger partial charge in [-0.15, -0.1) is 0 Å². The molecular formula is C27H54O2S. The first-order valence-electron chi connectivity index (χ1n) is 13.7. The van der Waals surface area contributed by atoms with E-state index in [2.05, 4.69) is 6.92 Å². The van der Waals surface area contributed by atoms with Crippen molar-refractivity contribution in [2.24, 2.45) is 5.92 Å².